The van der Waals surface area contributed by atoms with Crippen molar-refractivity contribution in [3.8, 4) is 0 Å². The molecule has 0 unspecified atom stereocenters. The maximum absolute atomic E-state index is 13.1. The SMILES string of the molecule is COC(=O)c1ccc(S(=O)(=O)Nc2cccc(F)c2)c([N+](=O)[O-])c1. The first kappa shape index (κ1) is 17.3. The molecule has 0 fully saturated rings. The smallest absolute Gasteiger partial charge is 0.338 e. The predicted molar refractivity (Wildman–Crippen MR) is 81.6 cm³/mol. The minimum Gasteiger partial charge on any atom is -0.465 e. The van der Waals surface area contributed by atoms with Crippen molar-refractivity contribution in [1.29, 1.82) is 0 Å². The lowest BCUT2D eigenvalue weighted by Crippen LogP contribution is -2.15. The van der Waals surface area contributed by atoms with Crippen LogP contribution in [0.2, 0.25) is 0 Å². The highest BCUT2D eigenvalue weighted by molar-refractivity contribution is 7.92. The van der Waals surface area contributed by atoms with Crippen LogP contribution in [0.5, 0.6) is 0 Å². The number of rotatable bonds is 5. The Labute approximate surface area is 136 Å². The third-order valence-corrected chi connectivity index (χ3v) is 4.37. The lowest BCUT2D eigenvalue weighted by molar-refractivity contribution is -0.387. The van der Waals surface area contributed by atoms with E-state index >= 15 is 0 Å². The van der Waals surface area contributed by atoms with Gasteiger partial charge in [-0.15, -0.1) is 0 Å². The van der Waals surface area contributed by atoms with Crippen molar-refractivity contribution in [1.82, 2.24) is 0 Å². The normalized spacial score (nSPS) is 10.9. The number of hydrogen-bond donors (Lipinski definition) is 1. The van der Waals surface area contributed by atoms with Gasteiger partial charge in [-0.1, -0.05) is 6.07 Å². The highest BCUT2D eigenvalue weighted by Gasteiger charge is 2.27. The minimum atomic E-state index is -4.37. The van der Waals surface area contributed by atoms with Gasteiger partial charge in [-0.2, -0.15) is 0 Å². The molecule has 0 aliphatic rings. The minimum absolute atomic E-state index is 0.0960. The van der Waals surface area contributed by atoms with E-state index in [9.17, 15) is 27.7 Å². The molecule has 0 aliphatic heterocycles. The lowest BCUT2D eigenvalue weighted by atomic mass is 10.2. The number of methoxy groups -OCH3 is 1. The van der Waals surface area contributed by atoms with Gasteiger partial charge in [-0.05, 0) is 30.3 Å². The Kier molecular flexibility index (Phi) is 4.79. The van der Waals surface area contributed by atoms with E-state index in [0.717, 1.165) is 37.4 Å². The summed E-state index contributed by atoms with van der Waals surface area (Å²) in [5, 5.41) is 11.1. The van der Waals surface area contributed by atoms with Crippen LogP contribution in [-0.2, 0) is 14.8 Å². The van der Waals surface area contributed by atoms with Gasteiger partial charge in [0.05, 0.1) is 23.3 Å². The number of anilines is 1. The molecule has 0 bridgehead atoms. The summed E-state index contributed by atoms with van der Waals surface area (Å²) in [6, 6.07) is 7.39. The molecule has 0 radical (unpaired) electrons. The van der Waals surface area contributed by atoms with Crippen LogP contribution in [-0.4, -0.2) is 26.4 Å². The molecular formula is C14H11FN2O6S. The van der Waals surface area contributed by atoms with Gasteiger partial charge in [0.1, 0.15) is 5.82 Å². The van der Waals surface area contributed by atoms with Gasteiger partial charge in [0, 0.05) is 6.07 Å². The van der Waals surface area contributed by atoms with Crippen LogP contribution < -0.4 is 4.72 Å². The maximum Gasteiger partial charge on any atom is 0.338 e. The summed E-state index contributed by atoms with van der Waals surface area (Å²) in [7, 11) is -3.28. The second-order valence-electron chi connectivity index (χ2n) is 4.55. The fourth-order valence-corrected chi connectivity index (χ4v) is 3.10. The molecule has 10 heteroatoms. The molecular weight excluding hydrogens is 343 g/mol. The Hall–Kier alpha value is -3.01. The number of ether oxygens (including phenoxy) is 1. The number of sulfonamides is 1. The Morgan fingerprint density at radius 1 is 1.25 bits per heavy atom. The van der Waals surface area contributed by atoms with Crippen molar-refractivity contribution in [2.75, 3.05) is 11.8 Å². The number of esters is 1. The van der Waals surface area contributed by atoms with E-state index in [-0.39, 0.29) is 11.3 Å². The average Bonchev–Trinajstić information content (AvgIpc) is 2.53. The Bertz CT molecular complexity index is 913. The standard InChI is InChI=1S/C14H11FN2O6S/c1-23-14(18)9-5-6-13(12(7-9)17(19)20)24(21,22)16-11-4-2-3-10(15)8-11/h2-8,16H,1H3. The lowest BCUT2D eigenvalue weighted by Gasteiger charge is -2.09. The quantitative estimate of drug-likeness (QED) is 0.500. The van der Waals surface area contributed by atoms with Crippen molar-refractivity contribution >= 4 is 27.4 Å². The fourth-order valence-electron chi connectivity index (χ4n) is 1.89. The van der Waals surface area contributed by atoms with Crippen molar-refractivity contribution in [3.05, 3.63) is 64.0 Å². The first-order valence-corrected chi connectivity index (χ1v) is 7.88. The van der Waals surface area contributed by atoms with Gasteiger partial charge in [0.15, 0.2) is 4.90 Å². The molecule has 24 heavy (non-hydrogen) atoms. The molecule has 0 atom stereocenters. The van der Waals surface area contributed by atoms with Crippen LogP contribution in [0, 0.1) is 15.9 Å². The van der Waals surface area contributed by atoms with Crippen LogP contribution in [0.1, 0.15) is 10.4 Å². The molecule has 126 valence electrons. The number of carbonyl (C=O) groups is 1. The molecule has 2 aromatic carbocycles. The van der Waals surface area contributed by atoms with Crippen molar-refractivity contribution in [2.45, 2.75) is 4.90 Å². The van der Waals surface area contributed by atoms with Crippen LogP contribution in [0.25, 0.3) is 0 Å². The van der Waals surface area contributed by atoms with Gasteiger partial charge in [-0.25, -0.2) is 17.6 Å². The molecule has 0 heterocycles. The molecule has 0 aliphatic carbocycles. The summed E-state index contributed by atoms with van der Waals surface area (Å²) in [5.41, 5.74) is -1.07. The summed E-state index contributed by atoms with van der Waals surface area (Å²) >= 11 is 0. The summed E-state index contributed by atoms with van der Waals surface area (Å²) < 4.78 is 44.3. The second kappa shape index (κ2) is 6.62. The Balaban J connectivity index is 2.49. The molecule has 2 aromatic rings. The average molecular weight is 354 g/mol. The molecule has 0 aromatic heterocycles. The number of nitrogens with one attached hydrogen (secondary N) is 1. The van der Waals surface area contributed by atoms with Crippen LogP contribution >= 0.6 is 0 Å². The highest BCUT2D eigenvalue weighted by atomic mass is 32.2. The molecule has 0 spiro atoms. The monoisotopic (exact) mass is 354 g/mol. The Morgan fingerprint density at radius 3 is 2.54 bits per heavy atom. The number of nitro groups is 1. The predicted octanol–water partition coefficient (Wildman–Crippen LogP) is 2.32. The Morgan fingerprint density at radius 2 is 1.96 bits per heavy atom. The van der Waals surface area contributed by atoms with Gasteiger partial charge in [0.25, 0.3) is 15.7 Å². The molecule has 0 saturated carbocycles. The number of nitro benzene ring substituents is 1. The maximum atomic E-state index is 13.1. The zero-order valence-corrected chi connectivity index (χ0v) is 13.0. The topological polar surface area (TPSA) is 116 Å². The zero-order chi connectivity index (χ0) is 17.9. The largest absolute Gasteiger partial charge is 0.465 e. The van der Waals surface area contributed by atoms with Gasteiger partial charge in [0.2, 0.25) is 0 Å². The summed E-state index contributed by atoms with van der Waals surface area (Å²) in [5.74, 6) is -1.52. The third kappa shape index (κ3) is 3.66. The third-order valence-electron chi connectivity index (χ3n) is 2.94. The number of hydrogen-bond acceptors (Lipinski definition) is 6. The summed E-state index contributed by atoms with van der Waals surface area (Å²) in [4.78, 5) is 21.0. The van der Waals surface area contributed by atoms with Gasteiger partial charge in [-0.3, -0.25) is 14.8 Å². The molecule has 1 N–H and O–H groups in total. The van der Waals surface area contributed by atoms with Crippen LogP contribution in [0.15, 0.2) is 47.4 Å². The number of benzene rings is 2. The molecule has 0 amide bonds. The number of halogens is 1. The summed E-state index contributed by atoms with van der Waals surface area (Å²) in [6.45, 7) is 0. The second-order valence-corrected chi connectivity index (χ2v) is 6.20. The molecule has 8 nitrogen and oxygen atoms in total. The van der Waals surface area contributed by atoms with Gasteiger partial charge >= 0.3 is 5.97 Å². The van der Waals surface area contributed by atoms with E-state index in [1.165, 1.54) is 12.1 Å². The van der Waals surface area contributed by atoms with Crippen molar-refractivity contribution in [3.63, 3.8) is 0 Å². The van der Waals surface area contributed by atoms with Crippen molar-refractivity contribution < 1.29 is 27.3 Å². The van der Waals surface area contributed by atoms with Crippen LogP contribution in [0.4, 0.5) is 15.8 Å². The first-order valence-electron chi connectivity index (χ1n) is 6.40. The van der Waals surface area contributed by atoms with Crippen molar-refractivity contribution in [2.24, 2.45) is 0 Å². The van der Waals surface area contributed by atoms with E-state index in [1.54, 1.807) is 0 Å². The van der Waals surface area contributed by atoms with E-state index in [0.29, 0.717) is 0 Å². The van der Waals surface area contributed by atoms with E-state index in [1.807, 2.05) is 4.72 Å². The van der Waals surface area contributed by atoms with E-state index < -0.39 is 37.3 Å². The summed E-state index contributed by atoms with van der Waals surface area (Å²) in [6.07, 6.45) is 0. The molecule has 0 saturated heterocycles. The highest BCUT2D eigenvalue weighted by Crippen LogP contribution is 2.27. The van der Waals surface area contributed by atoms with E-state index in [2.05, 4.69) is 4.74 Å². The first-order chi connectivity index (χ1) is 11.2. The number of nitrogens with zero attached hydrogens (tertiary/aromatic N) is 1. The van der Waals surface area contributed by atoms with E-state index in [4.69, 9.17) is 0 Å². The fraction of sp³-hybridized carbons (Fsp3) is 0.0714. The van der Waals surface area contributed by atoms with Gasteiger partial charge < -0.3 is 4.74 Å². The van der Waals surface area contributed by atoms with Crippen LogP contribution in [0.3, 0.4) is 0 Å². The molecule has 2 rings (SSSR count). The zero-order valence-electron chi connectivity index (χ0n) is 12.2. The number of carbonyl (C=O) groups excluding carboxylic acids is 1.